The molecule has 2 heterocycles. The van der Waals surface area contributed by atoms with Crippen molar-refractivity contribution in [2.24, 2.45) is 5.73 Å². The van der Waals surface area contributed by atoms with Gasteiger partial charge >= 0.3 is 5.97 Å². The predicted octanol–water partition coefficient (Wildman–Crippen LogP) is 4.16. The zero-order valence-electron chi connectivity index (χ0n) is 17.6. The van der Waals surface area contributed by atoms with E-state index in [1.54, 1.807) is 23.1 Å². The quantitative estimate of drug-likeness (QED) is 0.568. The average Bonchev–Trinajstić information content (AvgIpc) is 3.05. The van der Waals surface area contributed by atoms with Crippen LogP contribution < -0.4 is 16.0 Å². The van der Waals surface area contributed by atoms with Gasteiger partial charge in [0.25, 0.3) is 0 Å². The minimum absolute atomic E-state index is 0.0383. The normalized spacial score (nSPS) is 21.8. The Morgan fingerprint density at radius 3 is 2.73 bits per heavy atom. The van der Waals surface area contributed by atoms with E-state index in [-0.39, 0.29) is 29.2 Å². The third-order valence-electron chi connectivity index (χ3n) is 6.33. The second-order valence-corrected chi connectivity index (χ2v) is 9.41. The summed E-state index contributed by atoms with van der Waals surface area (Å²) >= 11 is 9.77. The number of fused-ring (bicyclic) bond motifs is 3. The fourth-order valence-electron chi connectivity index (χ4n) is 5.09. The van der Waals surface area contributed by atoms with Gasteiger partial charge in [-0.15, -0.1) is 0 Å². The number of esters is 1. The molecule has 7 nitrogen and oxygen atoms in total. The minimum atomic E-state index is -1.74. The van der Waals surface area contributed by atoms with Crippen LogP contribution in [0.4, 0.5) is 11.4 Å². The molecule has 2 aromatic rings. The number of methoxy groups -OCH3 is 1. The molecule has 1 spiro atoms. The van der Waals surface area contributed by atoms with E-state index < -0.39 is 17.3 Å². The number of carbonyl (C=O) groups is 3. The van der Waals surface area contributed by atoms with Crippen LogP contribution in [0, 0.1) is 0 Å². The first-order chi connectivity index (χ1) is 15.8. The number of ether oxygens (including phenoxy) is 1. The molecular weight excluding hydrogens is 510 g/mol. The molecule has 1 atom stereocenters. The lowest BCUT2D eigenvalue weighted by atomic mass is 9.63. The maximum absolute atomic E-state index is 13.7. The summed E-state index contributed by atoms with van der Waals surface area (Å²) in [5.74, 6) is -1.50. The molecule has 33 heavy (non-hydrogen) atoms. The molecule has 3 aliphatic rings. The molecule has 0 saturated carbocycles. The van der Waals surface area contributed by atoms with Gasteiger partial charge in [-0.2, -0.15) is 0 Å². The van der Waals surface area contributed by atoms with Gasteiger partial charge in [-0.05, 0) is 49.2 Å². The maximum atomic E-state index is 13.7. The highest BCUT2D eigenvalue weighted by Gasteiger charge is 2.62. The third-order valence-corrected chi connectivity index (χ3v) is 7.06. The van der Waals surface area contributed by atoms with E-state index in [9.17, 15) is 14.4 Å². The molecule has 1 aliphatic carbocycles. The number of nitrogens with zero attached hydrogens (tertiary/aromatic N) is 1. The first-order valence-electron chi connectivity index (χ1n) is 10.3. The fourth-order valence-corrected chi connectivity index (χ4v) is 5.65. The molecule has 2 aliphatic heterocycles. The molecule has 0 saturated heterocycles. The number of Topliss-reactive ketones (excluding diaryl/α,β-unsaturated/α-hetero) is 1. The topological polar surface area (TPSA) is 102 Å². The number of nitrogens with two attached hydrogens (primary N) is 1. The number of anilines is 2. The third kappa shape index (κ3) is 2.97. The highest BCUT2D eigenvalue weighted by molar-refractivity contribution is 9.10. The second kappa shape index (κ2) is 7.74. The fraction of sp³-hybridized carbons (Fsp3) is 0.208. The number of halogens is 2. The van der Waals surface area contributed by atoms with Gasteiger partial charge in [0, 0.05) is 44.1 Å². The Morgan fingerprint density at radius 2 is 2.00 bits per heavy atom. The summed E-state index contributed by atoms with van der Waals surface area (Å²) in [6.07, 6.45) is 1.36. The van der Waals surface area contributed by atoms with E-state index >= 15 is 0 Å². The molecule has 1 amide bonds. The molecule has 5 rings (SSSR count). The number of amides is 1. The summed E-state index contributed by atoms with van der Waals surface area (Å²) in [6.45, 7) is 0. The van der Waals surface area contributed by atoms with Crippen molar-refractivity contribution in [3.05, 3.63) is 80.2 Å². The molecule has 1 unspecified atom stereocenters. The molecular formula is C24H19BrClN3O4. The molecule has 0 radical (unpaired) electrons. The van der Waals surface area contributed by atoms with Crippen molar-refractivity contribution < 1.29 is 19.1 Å². The van der Waals surface area contributed by atoms with E-state index in [2.05, 4.69) is 21.2 Å². The summed E-state index contributed by atoms with van der Waals surface area (Å²) in [4.78, 5) is 42.2. The van der Waals surface area contributed by atoms with Crippen LogP contribution in [0.15, 0.2) is 69.6 Å². The lowest BCUT2D eigenvalue weighted by Crippen LogP contribution is -2.53. The van der Waals surface area contributed by atoms with Crippen LogP contribution in [0.5, 0.6) is 0 Å². The van der Waals surface area contributed by atoms with Crippen LogP contribution in [0.2, 0.25) is 5.02 Å². The van der Waals surface area contributed by atoms with E-state index in [1.807, 2.05) is 24.3 Å². The van der Waals surface area contributed by atoms with Crippen LogP contribution in [-0.2, 0) is 24.5 Å². The number of hydrogen-bond acceptors (Lipinski definition) is 6. The molecule has 0 fully saturated rings. The van der Waals surface area contributed by atoms with Crippen molar-refractivity contribution >= 4 is 56.6 Å². The van der Waals surface area contributed by atoms with Crippen LogP contribution in [0.25, 0.3) is 0 Å². The molecule has 9 heteroatoms. The summed E-state index contributed by atoms with van der Waals surface area (Å²) in [7, 11) is 1.22. The summed E-state index contributed by atoms with van der Waals surface area (Å²) in [6, 6.07) is 12.3. The zero-order valence-corrected chi connectivity index (χ0v) is 19.9. The van der Waals surface area contributed by atoms with E-state index in [4.69, 9.17) is 22.1 Å². The minimum Gasteiger partial charge on any atom is -0.466 e. The number of hydrogen-bond donors (Lipinski definition) is 2. The van der Waals surface area contributed by atoms with Gasteiger partial charge in [-0.3, -0.25) is 14.5 Å². The van der Waals surface area contributed by atoms with Crippen LogP contribution in [-0.4, -0.2) is 24.8 Å². The second-order valence-electron chi connectivity index (χ2n) is 8.06. The number of allylic oxidation sites excluding steroid dienone is 1. The number of nitrogens with one attached hydrogen (secondary N) is 1. The number of rotatable bonds is 2. The first-order valence-corrected chi connectivity index (χ1v) is 11.5. The van der Waals surface area contributed by atoms with Crippen molar-refractivity contribution in [3.8, 4) is 0 Å². The number of carbonyl (C=O) groups excluding carboxylic acids is 3. The summed E-state index contributed by atoms with van der Waals surface area (Å²) in [5.41, 5.74) is 7.21. The largest absolute Gasteiger partial charge is 0.466 e. The van der Waals surface area contributed by atoms with Gasteiger partial charge in [0.15, 0.2) is 5.78 Å². The van der Waals surface area contributed by atoms with Gasteiger partial charge in [0.2, 0.25) is 5.91 Å². The van der Waals surface area contributed by atoms with Crippen LogP contribution in [0.3, 0.4) is 0 Å². The van der Waals surface area contributed by atoms with E-state index in [0.717, 1.165) is 4.47 Å². The molecule has 168 valence electrons. The van der Waals surface area contributed by atoms with E-state index in [1.165, 1.54) is 7.11 Å². The Hall–Kier alpha value is -3.10. The van der Waals surface area contributed by atoms with Gasteiger partial charge in [0.1, 0.15) is 16.8 Å². The first kappa shape index (κ1) is 21.7. The zero-order chi connectivity index (χ0) is 23.5. The Labute approximate surface area is 203 Å². The monoisotopic (exact) mass is 527 g/mol. The standard InChI is InChI=1S/C24H19BrClN3O4/c1-33-22(31)20-21(27)29(14-5-2-4-12(25)10-14)17-6-3-7-18(30)19(17)24(20)15-11-13(26)8-9-16(15)28-23(24)32/h2,4-5,8-11H,3,6-7,27H2,1H3,(H,28,32). The van der Waals surface area contributed by atoms with Crippen molar-refractivity contribution in [2.45, 2.75) is 24.7 Å². The Bertz CT molecular complexity index is 1320. The Morgan fingerprint density at radius 1 is 1.21 bits per heavy atom. The summed E-state index contributed by atoms with van der Waals surface area (Å²) < 4.78 is 5.90. The lowest BCUT2D eigenvalue weighted by Gasteiger charge is -2.44. The Balaban J connectivity index is 1.92. The Kier molecular flexibility index (Phi) is 5.10. The maximum Gasteiger partial charge on any atom is 0.339 e. The van der Waals surface area contributed by atoms with Gasteiger partial charge < -0.3 is 15.8 Å². The lowest BCUT2D eigenvalue weighted by molar-refractivity contribution is -0.138. The summed E-state index contributed by atoms with van der Waals surface area (Å²) in [5, 5.41) is 3.19. The van der Waals surface area contributed by atoms with Crippen molar-refractivity contribution in [3.63, 3.8) is 0 Å². The van der Waals surface area contributed by atoms with Crippen molar-refractivity contribution in [1.82, 2.24) is 0 Å². The van der Waals surface area contributed by atoms with Crippen LogP contribution in [0.1, 0.15) is 24.8 Å². The predicted molar refractivity (Wildman–Crippen MR) is 127 cm³/mol. The highest BCUT2D eigenvalue weighted by atomic mass is 79.9. The van der Waals surface area contributed by atoms with Crippen LogP contribution >= 0.6 is 27.5 Å². The molecule has 0 bridgehead atoms. The highest BCUT2D eigenvalue weighted by Crippen LogP contribution is 2.56. The average molecular weight is 529 g/mol. The van der Waals surface area contributed by atoms with Gasteiger partial charge in [-0.1, -0.05) is 33.6 Å². The molecule has 0 aromatic heterocycles. The smallest absolute Gasteiger partial charge is 0.339 e. The SMILES string of the molecule is COC(=O)C1=C(N)N(c2cccc(Br)c2)C2=C(C(=O)CCC2)C12C(=O)Nc1ccc(Cl)cc12. The molecule has 2 aromatic carbocycles. The van der Waals surface area contributed by atoms with Crippen molar-refractivity contribution in [2.75, 3.05) is 17.3 Å². The van der Waals surface area contributed by atoms with Gasteiger partial charge in [-0.25, -0.2) is 4.79 Å². The molecule has 3 N–H and O–H groups in total. The van der Waals surface area contributed by atoms with E-state index in [0.29, 0.717) is 40.5 Å². The number of ketones is 1. The van der Waals surface area contributed by atoms with Crippen molar-refractivity contribution in [1.29, 1.82) is 0 Å². The van der Waals surface area contributed by atoms with Gasteiger partial charge in [0.05, 0.1) is 7.11 Å². The number of benzene rings is 2.